The maximum absolute atomic E-state index is 12.4. The van der Waals surface area contributed by atoms with Gasteiger partial charge in [-0.05, 0) is 50.5 Å². The minimum atomic E-state index is 0.0634. The summed E-state index contributed by atoms with van der Waals surface area (Å²) in [6, 6.07) is 4.37. The van der Waals surface area contributed by atoms with Crippen molar-refractivity contribution >= 4 is 11.6 Å². The van der Waals surface area contributed by atoms with Gasteiger partial charge in [0.15, 0.2) is 0 Å². The lowest BCUT2D eigenvalue weighted by molar-refractivity contribution is 0.301. The zero-order valence-corrected chi connectivity index (χ0v) is 15.5. The lowest BCUT2D eigenvalue weighted by Gasteiger charge is -2.30. The predicted molar refractivity (Wildman–Crippen MR) is 102 cm³/mol. The molecule has 0 radical (unpaired) electrons. The van der Waals surface area contributed by atoms with E-state index in [1.807, 2.05) is 31.1 Å². The highest BCUT2D eigenvalue weighted by atomic mass is 16.1. The van der Waals surface area contributed by atoms with E-state index in [9.17, 15) is 4.79 Å². The van der Waals surface area contributed by atoms with Gasteiger partial charge in [0.25, 0.3) is 5.56 Å². The molecule has 7 nitrogen and oxygen atoms in total. The Balaban J connectivity index is 1.40. The van der Waals surface area contributed by atoms with Crippen molar-refractivity contribution in [3.05, 3.63) is 40.1 Å². The van der Waals surface area contributed by atoms with Gasteiger partial charge in [0.2, 0.25) is 0 Å². The lowest BCUT2D eigenvalue weighted by Crippen LogP contribution is -2.34. The van der Waals surface area contributed by atoms with Crippen molar-refractivity contribution in [1.82, 2.24) is 19.7 Å². The Morgan fingerprint density at radius 2 is 1.92 bits per heavy atom. The number of nitrogens with zero attached hydrogens (tertiary/aromatic N) is 5. The normalized spacial score (nSPS) is 22.1. The van der Waals surface area contributed by atoms with E-state index in [-0.39, 0.29) is 11.6 Å². The van der Waals surface area contributed by atoms with Crippen molar-refractivity contribution in [2.45, 2.75) is 57.0 Å². The van der Waals surface area contributed by atoms with E-state index >= 15 is 0 Å². The molecular weight excluding hydrogens is 328 g/mol. The number of hydrogen-bond acceptors (Lipinski definition) is 6. The molecule has 0 bridgehead atoms. The summed E-state index contributed by atoms with van der Waals surface area (Å²) in [5.74, 6) is 1.75. The molecule has 26 heavy (non-hydrogen) atoms. The second kappa shape index (κ2) is 7.05. The smallest absolute Gasteiger partial charge is 0.267 e. The van der Waals surface area contributed by atoms with Gasteiger partial charge >= 0.3 is 0 Å². The molecule has 2 aromatic heterocycles. The number of rotatable bonds is 4. The van der Waals surface area contributed by atoms with Gasteiger partial charge in [-0.2, -0.15) is 5.10 Å². The van der Waals surface area contributed by atoms with Crippen LogP contribution in [0, 0.1) is 0 Å². The predicted octanol–water partition coefficient (Wildman–Crippen LogP) is 2.18. The van der Waals surface area contributed by atoms with Crippen LogP contribution >= 0.6 is 0 Å². The highest BCUT2D eigenvalue weighted by molar-refractivity contribution is 5.47. The average Bonchev–Trinajstić information content (AvgIpc) is 3.09. The monoisotopic (exact) mass is 354 g/mol. The van der Waals surface area contributed by atoms with Crippen molar-refractivity contribution in [3.63, 3.8) is 0 Å². The van der Waals surface area contributed by atoms with Crippen LogP contribution in [-0.2, 0) is 12.8 Å². The molecule has 1 N–H and O–H groups in total. The van der Waals surface area contributed by atoms with Crippen molar-refractivity contribution in [2.24, 2.45) is 0 Å². The van der Waals surface area contributed by atoms with Crippen molar-refractivity contribution in [2.75, 3.05) is 24.3 Å². The average molecular weight is 354 g/mol. The lowest BCUT2D eigenvalue weighted by atomic mass is 9.91. The first-order valence-electron chi connectivity index (χ1n) is 9.47. The van der Waals surface area contributed by atoms with Gasteiger partial charge in [-0.1, -0.05) is 0 Å². The fourth-order valence-corrected chi connectivity index (χ4v) is 4.02. The number of aryl methyl sites for hydroxylation is 2. The Morgan fingerprint density at radius 3 is 2.69 bits per heavy atom. The van der Waals surface area contributed by atoms with E-state index in [0.717, 1.165) is 67.8 Å². The highest BCUT2D eigenvalue weighted by Crippen LogP contribution is 2.29. The highest BCUT2D eigenvalue weighted by Gasteiger charge is 2.25. The minimum Gasteiger partial charge on any atom is -0.367 e. The van der Waals surface area contributed by atoms with Gasteiger partial charge in [-0.3, -0.25) is 4.79 Å². The molecule has 1 saturated carbocycles. The Hall–Kier alpha value is -2.44. The van der Waals surface area contributed by atoms with Crippen LogP contribution < -0.4 is 15.8 Å². The molecule has 2 aromatic rings. The van der Waals surface area contributed by atoms with Crippen LogP contribution in [0.4, 0.5) is 11.6 Å². The summed E-state index contributed by atoms with van der Waals surface area (Å²) in [6.45, 7) is 0. The van der Waals surface area contributed by atoms with Gasteiger partial charge in [-0.15, -0.1) is 0 Å². The molecule has 0 atom stereocenters. The summed E-state index contributed by atoms with van der Waals surface area (Å²) in [7, 11) is 3.94. The van der Waals surface area contributed by atoms with E-state index in [1.54, 1.807) is 11.0 Å². The Morgan fingerprint density at radius 1 is 1.12 bits per heavy atom. The van der Waals surface area contributed by atoms with Crippen LogP contribution in [0.15, 0.2) is 23.3 Å². The summed E-state index contributed by atoms with van der Waals surface area (Å²) in [5.41, 5.74) is 2.34. The first kappa shape index (κ1) is 17.0. The molecule has 138 valence electrons. The third kappa shape index (κ3) is 3.43. The molecule has 0 unspecified atom stereocenters. The molecule has 0 spiro atoms. The zero-order chi connectivity index (χ0) is 18.1. The number of nitrogens with one attached hydrogen (secondary N) is 1. The zero-order valence-electron chi connectivity index (χ0n) is 15.5. The molecule has 0 aromatic carbocycles. The first-order valence-corrected chi connectivity index (χ1v) is 9.47. The molecular formula is C19H26N6O. The van der Waals surface area contributed by atoms with Crippen LogP contribution in [-0.4, -0.2) is 39.9 Å². The second-order valence-electron chi connectivity index (χ2n) is 7.56. The molecule has 1 fully saturated rings. The van der Waals surface area contributed by atoms with Crippen molar-refractivity contribution < 1.29 is 0 Å². The minimum absolute atomic E-state index is 0.0634. The maximum atomic E-state index is 12.4. The van der Waals surface area contributed by atoms with E-state index in [1.165, 1.54) is 0 Å². The van der Waals surface area contributed by atoms with Gasteiger partial charge in [-0.25, -0.2) is 14.6 Å². The Kier molecular flexibility index (Phi) is 4.61. The van der Waals surface area contributed by atoms with E-state index in [2.05, 4.69) is 20.4 Å². The summed E-state index contributed by atoms with van der Waals surface area (Å²) in [6.07, 6.45) is 8.68. The topological polar surface area (TPSA) is 75.9 Å². The van der Waals surface area contributed by atoms with Crippen LogP contribution in [0.1, 0.15) is 49.4 Å². The number of aromatic nitrogens is 4. The first-order chi connectivity index (χ1) is 12.6. The summed E-state index contributed by atoms with van der Waals surface area (Å²) >= 11 is 0. The van der Waals surface area contributed by atoms with Crippen molar-refractivity contribution in [3.8, 4) is 0 Å². The van der Waals surface area contributed by atoms with Gasteiger partial charge in [0, 0.05) is 32.3 Å². The summed E-state index contributed by atoms with van der Waals surface area (Å²) < 4.78 is 1.75. The molecule has 2 heterocycles. The fraction of sp³-hybridized carbons (Fsp3) is 0.579. The number of hydrogen-bond donors (Lipinski definition) is 1. The molecule has 0 saturated heterocycles. The van der Waals surface area contributed by atoms with E-state index in [0.29, 0.717) is 6.04 Å². The molecule has 0 amide bonds. The third-order valence-corrected chi connectivity index (χ3v) is 5.49. The quantitative estimate of drug-likeness (QED) is 0.907. The van der Waals surface area contributed by atoms with Crippen LogP contribution in [0.3, 0.4) is 0 Å². The van der Waals surface area contributed by atoms with Crippen LogP contribution in [0.2, 0.25) is 0 Å². The molecule has 7 heteroatoms. The largest absolute Gasteiger partial charge is 0.367 e. The Bertz CT molecular complexity index is 838. The van der Waals surface area contributed by atoms with Gasteiger partial charge < -0.3 is 10.2 Å². The standard InChI is InChI=1S/C19H26N6O/c1-24(2)18-11-17(20-12-21-18)22-14-6-8-15(9-7-14)25-19(26)10-13-4-3-5-16(13)23-25/h10-12,14-15H,3-9H2,1-2H3,(H,20,21,22). The maximum Gasteiger partial charge on any atom is 0.267 e. The van der Waals surface area contributed by atoms with Crippen LogP contribution in [0.5, 0.6) is 0 Å². The summed E-state index contributed by atoms with van der Waals surface area (Å²) in [5, 5.41) is 8.19. The van der Waals surface area contributed by atoms with E-state index < -0.39 is 0 Å². The number of fused-ring (bicyclic) bond motifs is 1. The second-order valence-corrected chi connectivity index (χ2v) is 7.56. The Labute approximate surface area is 153 Å². The molecule has 0 aliphatic heterocycles. The SMILES string of the molecule is CN(C)c1cc(NC2CCC(n3nc4c(cc3=O)CCC4)CC2)ncn1. The number of anilines is 2. The van der Waals surface area contributed by atoms with Gasteiger partial charge in [0.05, 0.1) is 11.7 Å². The molecule has 2 aliphatic rings. The summed E-state index contributed by atoms with van der Waals surface area (Å²) in [4.78, 5) is 23.0. The van der Waals surface area contributed by atoms with Crippen molar-refractivity contribution in [1.29, 1.82) is 0 Å². The van der Waals surface area contributed by atoms with E-state index in [4.69, 9.17) is 0 Å². The van der Waals surface area contributed by atoms with Gasteiger partial charge in [0.1, 0.15) is 18.0 Å². The van der Waals surface area contributed by atoms with Crippen LogP contribution in [0.25, 0.3) is 0 Å². The molecule has 2 aliphatic carbocycles. The third-order valence-electron chi connectivity index (χ3n) is 5.49. The molecule has 4 rings (SSSR count). The fourth-order valence-electron chi connectivity index (χ4n) is 4.02.